The van der Waals surface area contributed by atoms with Gasteiger partial charge in [0.25, 0.3) is 0 Å². The van der Waals surface area contributed by atoms with E-state index in [1.54, 1.807) is 7.11 Å². The number of hydrogen-bond donors (Lipinski definition) is 1. The molecule has 1 fully saturated rings. The summed E-state index contributed by atoms with van der Waals surface area (Å²) in [6.45, 7) is 3.95. The lowest BCUT2D eigenvalue weighted by atomic mass is 10.1. The third-order valence-corrected chi connectivity index (χ3v) is 4.05. The Morgan fingerprint density at radius 2 is 2.13 bits per heavy atom. The molecule has 7 heteroatoms. The first kappa shape index (κ1) is 15.5. The maximum absolute atomic E-state index is 12.4. The lowest BCUT2D eigenvalue weighted by Crippen LogP contribution is -2.48. The van der Waals surface area contributed by atoms with Crippen molar-refractivity contribution < 1.29 is 9.53 Å². The Morgan fingerprint density at radius 1 is 1.30 bits per heavy atom. The standard InChI is InChI=1S/C16H21N5O2/c1-23-14-4-2-3-13(9-14)10-16(22)21-7-5-20(6-8-21)11-15-17-12-18-19-15/h2-4,9,12H,5-8,10-11H2,1H3,(H,17,18,19). The predicted molar refractivity (Wildman–Crippen MR) is 84.9 cm³/mol. The van der Waals surface area contributed by atoms with E-state index in [9.17, 15) is 4.79 Å². The minimum absolute atomic E-state index is 0.164. The molecule has 23 heavy (non-hydrogen) atoms. The van der Waals surface area contributed by atoms with Crippen LogP contribution in [0.3, 0.4) is 0 Å². The summed E-state index contributed by atoms with van der Waals surface area (Å²) in [4.78, 5) is 20.8. The van der Waals surface area contributed by atoms with Gasteiger partial charge in [0, 0.05) is 26.2 Å². The Morgan fingerprint density at radius 3 is 2.83 bits per heavy atom. The van der Waals surface area contributed by atoms with E-state index in [1.165, 1.54) is 6.33 Å². The monoisotopic (exact) mass is 315 g/mol. The first-order valence-corrected chi connectivity index (χ1v) is 7.72. The number of nitrogens with one attached hydrogen (secondary N) is 1. The van der Waals surface area contributed by atoms with E-state index in [-0.39, 0.29) is 5.91 Å². The third-order valence-electron chi connectivity index (χ3n) is 4.05. The van der Waals surface area contributed by atoms with Gasteiger partial charge in [0.2, 0.25) is 5.91 Å². The molecule has 1 N–H and O–H groups in total. The second-order valence-corrected chi connectivity index (χ2v) is 5.62. The van der Waals surface area contributed by atoms with Gasteiger partial charge in [-0.2, -0.15) is 5.10 Å². The average Bonchev–Trinajstić information content (AvgIpc) is 3.08. The van der Waals surface area contributed by atoms with Crippen molar-refractivity contribution >= 4 is 5.91 Å². The molecule has 0 saturated carbocycles. The topological polar surface area (TPSA) is 74.3 Å². The first-order valence-electron chi connectivity index (χ1n) is 7.72. The number of carbonyl (C=O) groups excluding carboxylic acids is 1. The largest absolute Gasteiger partial charge is 0.497 e. The van der Waals surface area contributed by atoms with Crippen LogP contribution in [0.2, 0.25) is 0 Å². The van der Waals surface area contributed by atoms with Crippen LogP contribution in [-0.2, 0) is 17.8 Å². The summed E-state index contributed by atoms with van der Waals surface area (Å²) in [5.74, 6) is 1.81. The van der Waals surface area contributed by atoms with E-state index < -0.39 is 0 Å². The lowest BCUT2D eigenvalue weighted by Gasteiger charge is -2.34. The zero-order valence-electron chi connectivity index (χ0n) is 13.2. The highest BCUT2D eigenvalue weighted by molar-refractivity contribution is 5.79. The van der Waals surface area contributed by atoms with Gasteiger partial charge in [0.1, 0.15) is 17.9 Å². The molecule has 0 aliphatic carbocycles. The second-order valence-electron chi connectivity index (χ2n) is 5.62. The van der Waals surface area contributed by atoms with E-state index in [2.05, 4.69) is 20.1 Å². The zero-order valence-corrected chi connectivity index (χ0v) is 13.2. The van der Waals surface area contributed by atoms with Crippen molar-refractivity contribution in [2.24, 2.45) is 0 Å². The summed E-state index contributed by atoms with van der Waals surface area (Å²) in [5, 5.41) is 6.72. The Bertz CT molecular complexity index is 636. The molecular formula is C16H21N5O2. The van der Waals surface area contributed by atoms with Gasteiger partial charge in [-0.15, -0.1) is 0 Å². The Balaban J connectivity index is 1.49. The Kier molecular flexibility index (Phi) is 4.87. The summed E-state index contributed by atoms with van der Waals surface area (Å²) in [5.41, 5.74) is 0.985. The summed E-state index contributed by atoms with van der Waals surface area (Å²) in [6.07, 6.45) is 1.93. The van der Waals surface area contributed by atoms with E-state index in [0.717, 1.165) is 49.9 Å². The van der Waals surface area contributed by atoms with Gasteiger partial charge in [-0.05, 0) is 17.7 Å². The molecule has 0 radical (unpaired) electrons. The number of H-pyrrole nitrogens is 1. The molecule has 1 amide bonds. The van der Waals surface area contributed by atoms with Crippen molar-refractivity contribution in [1.82, 2.24) is 25.0 Å². The minimum Gasteiger partial charge on any atom is -0.497 e. The van der Waals surface area contributed by atoms with Crippen LogP contribution in [0.4, 0.5) is 0 Å². The number of amides is 1. The number of ether oxygens (including phenoxy) is 1. The summed E-state index contributed by atoms with van der Waals surface area (Å²) >= 11 is 0. The molecule has 1 aliphatic heterocycles. The van der Waals surface area contributed by atoms with Crippen LogP contribution in [0.1, 0.15) is 11.4 Å². The maximum Gasteiger partial charge on any atom is 0.227 e. The van der Waals surface area contributed by atoms with Crippen LogP contribution in [0.25, 0.3) is 0 Å². The number of benzene rings is 1. The minimum atomic E-state index is 0.164. The molecule has 2 aromatic rings. The number of hydrogen-bond acceptors (Lipinski definition) is 5. The van der Waals surface area contributed by atoms with Crippen molar-refractivity contribution in [1.29, 1.82) is 0 Å². The molecular weight excluding hydrogens is 294 g/mol. The molecule has 3 rings (SSSR count). The van der Waals surface area contributed by atoms with Gasteiger partial charge < -0.3 is 9.64 Å². The number of aromatic nitrogens is 3. The number of nitrogens with zero attached hydrogens (tertiary/aromatic N) is 4. The number of carbonyl (C=O) groups is 1. The van der Waals surface area contributed by atoms with Crippen LogP contribution in [0, 0.1) is 0 Å². The molecule has 7 nitrogen and oxygen atoms in total. The van der Waals surface area contributed by atoms with Crippen LogP contribution in [-0.4, -0.2) is 64.2 Å². The smallest absolute Gasteiger partial charge is 0.227 e. The van der Waals surface area contributed by atoms with E-state index in [4.69, 9.17) is 4.74 Å². The number of rotatable bonds is 5. The fourth-order valence-electron chi connectivity index (χ4n) is 2.74. The van der Waals surface area contributed by atoms with Crippen molar-refractivity contribution in [3.05, 3.63) is 42.0 Å². The molecule has 1 aromatic heterocycles. The highest BCUT2D eigenvalue weighted by Crippen LogP contribution is 2.14. The third kappa shape index (κ3) is 4.07. The van der Waals surface area contributed by atoms with Gasteiger partial charge in [-0.1, -0.05) is 12.1 Å². The summed E-state index contributed by atoms with van der Waals surface area (Å²) in [7, 11) is 1.63. The lowest BCUT2D eigenvalue weighted by molar-refractivity contribution is -0.132. The van der Waals surface area contributed by atoms with E-state index in [1.807, 2.05) is 29.2 Å². The molecule has 2 heterocycles. The maximum atomic E-state index is 12.4. The second kappa shape index (κ2) is 7.23. The molecule has 1 aromatic carbocycles. The molecule has 122 valence electrons. The zero-order chi connectivity index (χ0) is 16.1. The molecule has 0 atom stereocenters. The summed E-state index contributed by atoms with van der Waals surface area (Å²) in [6, 6.07) is 7.67. The first-order chi connectivity index (χ1) is 11.2. The van der Waals surface area contributed by atoms with Crippen LogP contribution in [0.5, 0.6) is 5.75 Å². The molecule has 0 spiro atoms. The van der Waals surface area contributed by atoms with Crippen molar-refractivity contribution in [2.75, 3.05) is 33.3 Å². The van der Waals surface area contributed by atoms with Crippen LogP contribution < -0.4 is 4.74 Å². The average molecular weight is 315 g/mol. The Labute approximate surface area is 135 Å². The Hall–Kier alpha value is -2.41. The fourth-order valence-corrected chi connectivity index (χ4v) is 2.74. The van der Waals surface area contributed by atoms with Gasteiger partial charge in [-0.3, -0.25) is 14.8 Å². The van der Waals surface area contributed by atoms with E-state index >= 15 is 0 Å². The van der Waals surface area contributed by atoms with E-state index in [0.29, 0.717) is 6.42 Å². The number of piperazine rings is 1. The van der Waals surface area contributed by atoms with Crippen molar-refractivity contribution in [3.63, 3.8) is 0 Å². The SMILES string of the molecule is COc1cccc(CC(=O)N2CCN(Cc3ncn[nH]3)CC2)c1. The highest BCUT2D eigenvalue weighted by atomic mass is 16.5. The van der Waals surface area contributed by atoms with Gasteiger partial charge in [-0.25, -0.2) is 4.98 Å². The quantitative estimate of drug-likeness (QED) is 0.879. The number of methoxy groups -OCH3 is 1. The molecule has 0 bridgehead atoms. The predicted octanol–water partition coefficient (Wildman–Crippen LogP) is 0.700. The summed E-state index contributed by atoms with van der Waals surface area (Å²) < 4.78 is 5.20. The van der Waals surface area contributed by atoms with Crippen molar-refractivity contribution in [3.8, 4) is 5.75 Å². The van der Waals surface area contributed by atoms with Gasteiger partial charge >= 0.3 is 0 Å². The highest BCUT2D eigenvalue weighted by Gasteiger charge is 2.21. The van der Waals surface area contributed by atoms with Crippen LogP contribution >= 0.6 is 0 Å². The number of aromatic amines is 1. The van der Waals surface area contributed by atoms with Gasteiger partial charge in [0.15, 0.2) is 0 Å². The molecule has 1 aliphatic rings. The molecule has 0 unspecified atom stereocenters. The van der Waals surface area contributed by atoms with Gasteiger partial charge in [0.05, 0.1) is 20.1 Å². The fraction of sp³-hybridized carbons (Fsp3) is 0.438. The van der Waals surface area contributed by atoms with Crippen molar-refractivity contribution in [2.45, 2.75) is 13.0 Å². The normalized spacial score (nSPS) is 15.6. The molecule has 1 saturated heterocycles. The van der Waals surface area contributed by atoms with Crippen LogP contribution in [0.15, 0.2) is 30.6 Å².